The molecule has 1 aliphatic heterocycles. The zero-order valence-electron chi connectivity index (χ0n) is 9.68. The molecule has 5 heteroatoms. The number of carboxylic acids is 1. The number of aliphatic carboxylic acids is 1. The Bertz CT molecular complexity index is 400. The predicted octanol–water partition coefficient (Wildman–Crippen LogP) is 0.814. The third-order valence-corrected chi connectivity index (χ3v) is 3.16. The van der Waals surface area contributed by atoms with E-state index in [1.54, 1.807) is 0 Å². The van der Waals surface area contributed by atoms with Gasteiger partial charge >= 0.3 is 5.97 Å². The summed E-state index contributed by atoms with van der Waals surface area (Å²) < 4.78 is 1.82. The summed E-state index contributed by atoms with van der Waals surface area (Å²) in [7, 11) is 3.94. The first-order chi connectivity index (χ1) is 7.58. The van der Waals surface area contributed by atoms with Gasteiger partial charge in [-0.2, -0.15) is 0 Å². The molecule has 5 nitrogen and oxygen atoms in total. The first kappa shape index (κ1) is 11.1. The first-order valence-corrected chi connectivity index (χ1v) is 5.52. The quantitative estimate of drug-likeness (QED) is 0.824. The van der Waals surface area contributed by atoms with E-state index >= 15 is 0 Å². The number of carbonyl (C=O) groups is 1. The summed E-state index contributed by atoms with van der Waals surface area (Å²) in [5.41, 5.74) is 0.999. The van der Waals surface area contributed by atoms with Crippen LogP contribution in [0.15, 0.2) is 6.20 Å². The van der Waals surface area contributed by atoms with Crippen molar-refractivity contribution in [2.24, 2.45) is 7.05 Å². The highest BCUT2D eigenvalue weighted by molar-refractivity contribution is 5.69. The molecule has 1 saturated heterocycles. The average Bonchev–Trinajstić information content (AvgIpc) is 2.73. The van der Waals surface area contributed by atoms with Crippen LogP contribution in [0.1, 0.15) is 30.4 Å². The number of imidazole rings is 1. The monoisotopic (exact) mass is 223 g/mol. The second kappa shape index (κ2) is 4.25. The fraction of sp³-hybridized carbons (Fsp3) is 0.636. The summed E-state index contributed by atoms with van der Waals surface area (Å²) in [6, 6.07) is 0.355. The van der Waals surface area contributed by atoms with Gasteiger partial charge in [0.1, 0.15) is 12.2 Å². The maximum Gasteiger partial charge on any atom is 0.311 e. The Labute approximate surface area is 94.7 Å². The summed E-state index contributed by atoms with van der Waals surface area (Å²) in [4.78, 5) is 17.3. The summed E-state index contributed by atoms with van der Waals surface area (Å²) in [6.45, 7) is 1.09. The van der Waals surface area contributed by atoms with Gasteiger partial charge in [0.05, 0.1) is 11.7 Å². The number of aromatic nitrogens is 2. The highest BCUT2D eigenvalue weighted by atomic mass is 16.4. The second-order valence-corrected chi connectivity index (χ2v) is 4.40. The van der Waals surface area contributed by atoms with E-state index in [9.17, 15) is 4.79 Å². The van der Waals surface area contributed by atoms with Gasteiger partial charge < -0.3 is 9.67 Å². The van der Waals surface area contributed by atoms with Crippen molar-refractivity contribution in [3.63, 3.8) is 0 Å². The van der Waals surface area contributed by atoms with Gasteiger partial charge in [0.15, 0.2) is 0 Å². The van der Waals surface area contributed by atoms with Gasteiger partial charge in [-0.3, -0.25) is 9.69 Å². The van der Waals surface area contributed by atoms with Gasteiger partial charge in [0.2, 0.25) is 0 Å². The zero-order valence-corrected chi connectivity index (χ0v) is 9.68. The van der Waals surface area contributed by atoms with Crippen molar-refractivity contribution in [3.8, 4) is 0 Å². The SMILES string of the molecule is CN1CCCC1c1cn(C)c(CC(=O)O)n1. The Morgan fingerprint density at radius 3 is 2.94 bits per heavy atom. The summed E-state index contributed by atoms with van der Waals surface area (Å²) in [5.74, 6) is -0.206. The Kier molecular flexibility index (Phi) is 2.96. The molecule has 0 spiro atoms. The molecule has 1 fully saturated rings. The van der Waals surface area contributed by atoms with Gasteiger partial charge in [0.25, 0.3) is 0 Å². The van der Waals surface area contributed by atoms with Crippen LogP contribution in [0.5, 0.6) is 0 Å². The number of aryl methyl sites for hydroxylation is 1. The molecule has 0 aliphatic carbocycles. The van der Waals surface area contributed by atoms with Crippen LogP contribution in [0.4, 0.5) is 0 Å². The minimum Gasteiger partial charge on any atom is -0.481 e. The van der Waals surface area contributed by atoms with E-state index in [2.05, 4.69) is 16.9 Å². The van der Waals surface area contributed by atoms with Crippen LogP contribution in [0.2, 0.25) is 0 Å². The number of hydrogen-bond donors (Lipinski definition) is 1. The Morgan fingerprint density at radius 2 is 2.38 bits per heavy atom. The van der Waals surface area contributed by atoms with Gasteiger partial charge in [-0.15, -0.1) is 0 Å². The minimum atomic E-state index is -0.833. The van der Waals surface area contributed by atoms with Crippen LogP contribution in [0, 0.1) is 0 Å². The van der Waals surface area contributed by atoms with E-state index in [-0.39, 0.29) is 6.42 Å². The molecule has 1 N–H and O–H groups in total. The van der Waals surface area contributed by atoms with Crippen LogP contribution in [-0.2, 0) is 18.3 Å². The normalized spacial score (nSPS) is 21.5. The van der Waals surface area contributed by atoms with Crippen molar-refractivity contribution in [2.75, 3.05) is 13.6 Å². The van der Waals surface area contributed by atoms with E-state index in [1.807, 2.05) is 17.8 Å². The molecule has 0 bridgehead atoms. The number of nitrogens with zero attached hydrogens (tertiary/aromatic N) is 3. The number of rotatable bonds is 3. The summed E-state index contributed by atoms with van der Waals surface area (Å²) in [6.07, 6.45) is 4.24. The molecule has 0 amide bonds. The molecule has 0 aromatic carbocycles. The second-order valence-electron chi connectivity index (χ2n) is 4.40. The van der Waals surface area contributed by atoms with E-state index in [0.29, 0.717) is 11.9 Å². The smallest absolute Gasteiger partial charge is 0.311 e. The fourth-order valence-electron chi connectivity index (χ4n) is 2.27. The van der Waals surface area contributed by atoms with E-state index < -0.39 is 5.97 Å². The third-order valence-electron chi connectivity index (χ3n) is 3.16. The fourth-order valence-corrected chi connectivity index (χ4v) is 2.27. The molecule has 1 atom stereocenters. The van der Waals surface area contributed by atoms with Gasteiger partial charge in [-0.1, -0.05) is 0 Å². The van der Waals surface area contributed by atoms with Crippen LogP contribution in [0.3, 0.4) is 0 Å². The van der Waals surface area contributed by atoms with Crippen LogP contribution in [0.25, 0.3) is 0 Å². The van der Waals surface area contributed by atoms with Gasteiger partial charge in [0, 0.05) is 13.2 Å². The molecule has 16 heavy (non-hydrogen) atoms. The molecule has 1 aliphatic rings. The average molecular weight is 223 g/mol. The maximum atomic E-state index is 10.7. The lowest BCUT2D eigenvalue weighted by atomic mass is 10.2. The topological polar surface area (TPSA) is 58.4 Å². The van der Waals surface area contributed by atoms with Crippen LogP contribution in [-0.4, -0.2) is 39.1 Å². The lowest BCUT2D eigenvalue weighted by molar-refractivity contribution is -0.136. The van der Waals surface area contributed by atoms with E-state index in [4.69, 9.17) is 5.11 Å². The van der Waals surface area contributed by atoms with Crippen LogP contribution >= 0.6 is 0 Å². The Hall–Kier alpha value is -1.36. The number of likely N-dealkylation sites (tertiary alicyclic amines) is 1. The highest BCUT2D eigenvalue weighted by Crippen LogP contribution is 2.29. The van der Waals surface area contributed by atoms with E-state index in [0.717, 1.165) is 18.7 Å². The lowest BCUT2D eigenvalue weighted by Crippen LogP contribution is -2.17. The molecule has 1 aromatic rings. The third kappa shape index (κ3) is 2.09. The van der Waals surface area contributed by atoms with Gasteiger partial charge in [-0.05, 0) is 26.4 Å². The molecule has 0 saturated carbocycles. The maximum absolute atomic E-state index is 10.7. The summed E-state index contributed by atoms with van der Waals surface area (Å²) >= 11 is 0. The molecule has 2 heterocycles. The Balaban J connectivity index is 2.19. The minimum absolute atomic E-state index is 0.00701. The number of carboxylic acid groups (broad SMARTS) is 1. The standard InChI is InChI=1S/C11H17N3O2/c1-13-5-3-4-9(13)8-7-14(2)10(12-8)6-11(15)16/h7,9H,3-6H2,1-2H3,(H,15,16). The molecule has 1 unspecified atom stereocenters. The molecule has 88 valence electrons. The van der Waals surface area contributed by atoms with Crippen molar-refractivity contribution in [2.45, 2.75) is 25.3 Å². The molecule has 0 radical (unpaired) electrons. The highest BCUT2D eigenvalue weighted by Gasteiger charge is 2.25. The van der Waals surface area contributed by atoms with Gasteiger partial charge in [-0.25, -0.2) is 4.98 Å². The first-order valence-electron chi connectivity index (χ1n) is 5.52. The van der Waals surface area contributed by atoms with Crippen molar-refractivity contribution < 1.29 is 9.90 Å². The van der Waals surface area contributed by atoms with Crippen molar-refractivity contribution >= 4 is 5.97 Å². The molecule has 2 rings (SSSR count). The van der Waals surface area contributed by atoms with Crippen LogP contribution < -0.4 is 0 Å². The lowest BCUT2D eigenvalue weighted by Gasteiger charge is -2.16. The molecular weight excluding hydrogens is 206 g/mol. The summed E-state index contributed by atoms with van der Waals surface area (Å²) in [5, 5.41) is 8.75. The molecule has 1 aromatic heterocycles. The van der Waals surface area contributed by atoms with Crippen molar-refractivity contribution in [1.29, 1.82) is 0 Å². The van der Waals surface area contributed by atoms with Crippen molar-refractivity contribution in [1.82, 2.24) is 14.5 Å². The van der Waals surface area contributed by atoms with Crippen molar-refractivity contribution in [3.05, 3.63) is 17.7 Å². The number of hydrogen-bond acceptors (Lipinski definition) is 3. The van der Waals surface area contributed by atoms with E-state index in [1.165, 1.54) is 6.42 Å². The Morgan fingerprint density at radius 1 is 1.62 bits per heavy atom. The zero-order chi connectivity index (χ0) is 11.7. The molecular formula is C11H17N3O2. The largest absolute Gasteiger partial charge is 0.481 e. The predicted molar refractivity (Wildman–Crippen MR) is 59.2 cm³/mol.